The van der Waals surface area contributed by atoms with E-state index in [4.69, 9.17) is 13.7 Å². The number of benzene rings is 1. The summed E-state index contributed by atoms with van der Waals surface area (Å²) >= 11 is 0. The Hall–Kier alpha value is -3.42. The molecular formula is C18H17N3O5. The molecule has 0 fully saturated rings. The molecule has 26 heavy (non-hydrogen) atoms. The maximum absolute atomic E-state index is 12.1. The van der Waals surface area contributed by atoms with Crippen molar-refractivity contribution >= 4 is 5.91 Å². The zero-order valence-corrected chi connectivity index (χ0v) is 14.3. The van der Waals surface area contributed by atoms with Gasteiger partial charge in [-0.25, -0.2) is 0 Å². The van der Waals surface area contributed by atoms with Gasteiger partial charge in [-0.05, 0) is 12.1 Å². The number of hydrogen-bond donors (Lipinski definition) is 1. The predicted octanol–water partition coefficient (Wildman–Crippen LogP) is 2.23. The van der Waals surface area contributed by atoms with E-state index in [1.807, 2.05) is 13.0 Å². The molecule has 0 saturated heterocycles. The number of amides is 1. The molecule has 1 atom stereocenters. The molecular weight excluding hydrogens is 338 g/mol. The molecule has 3 aromatic rings. The Morgan fingerprint density at radius 2 is 2.08 bits per heavy atom. The fourth-order valence-electron chi connectivity index (χ4n) is 2.22. The van der Waals surface area contributed by atoms with Gasteiger partial charge in [-0.1, -0.05) is 30.3 Å². The number of hydrogen-bond acceptors (Lipinski definition) is 7. The minimum Gasteiger partial charge on any atom is -0.490 e. The molecule has 0 aliphatic rings. The molecule has 0 bridgehead atoms. The lowest BCUT2D eigenvalue weighted by Crippen LogP contribution is -2.27. The summed E-state index contributed by atoms with van der Waals surface area (Å²) in [4.78, 5) is 28.1. The van der Waals surface area contributed by atoms with E-state index in [-0.39, 0.29) is 34.7 Å². The summed E-state index contributed by atoms with van der Waals surface area (Å²) in [6.07, 6.45) is 1.19. The summed E-state index contributed by atoms with van der Waals surface area (Å²) in [6, 6.07) is 10.1. The quantitative estimate of drug-likeness (QED) is 0.722. The Bertz CT molecular complexity index is 949. The average molecular weight is 355 g/mol. The first-order chi connectivity index (χ1) is 12.6. The summed E-state index contributed by atoms with van der Waals surface area (Å²) in [7, 11) is 1.38. The molecule has 1 N–H and O–H groups in total. The monoisotopic (exact) mass is 355 g/mol. The minimum atomic E-state index is -0.350. The van der Waals surface area contributed by atoms with Crippen LogP contribution in [0.2, 0.25) is 0 Å². The van der Waals surface area contributed by atoms with Crippen LogP contribution in [0.4, 0.5) is 0 Å². The van der Waals surface area contributed by atoms with Gasteiger partial charge < -0.3 is 19.0 Å². The molecule has 0 saturated carbocycles. The first-order valence-corrected chi connectivity index (χ1v) is 7.92. The highest BCUT2D eigenvalue weighted by molar-refractivity contribution is 5.94. The first kappa shape index (κ1) is 17.4. The van der Waals surface area contributed by atoms with Crippen molar-refractivity contribution in [2.45, 2.75) is 12.8 Å². The van der Waals surface area contributed by atoms with Gasteiger partial charge in [0.05, 0.1) is 7.11 Å². The van der Waals surface area contributed by atoms with Gasteiger partial charge in [-0.15, -0.1) is 0 Å². The van der Waals surface area contributed by atoms with E-state index in [1.54, 1.807) is 24.3 Å². The number of rotatable bonds is 6. The molecule has 0 radical (unpaired) electrons. The molecule has 2 aromatic heterocycles. The summed E-state index contributed by atoms with van der Waals surface area (Å²) < 4.78 is 15.3. The summed E-state index contributed by atoms with van der Waals surface area (Å²) in [6.45, 7) is 2.18. The lowest BCUT2D eigenvalue weighted by Gasteiger charge is -2.08. The number of carbonyl (C=O) groups is 1. The molecule has 0 aliphatic heterocycles. The second-order valence-corrected chi connectivity index (χ2v) is 5.61. The smallest absolute Gasteiger partial charge is 0.293 e. The van der Waals surface area contributed by atoms with Crippen molar-refractivity contribution in [1.82, 2.24) is 15.5 Å². The van der Waals surface area contributed by atoms with Crippen molar-refractivity contribution < 1.29 is 18.5 Å². The zero-order chi connectivity index (χ0) is 18.5. The highest BCUT2D eigenvalue weighted by Crippen LogP contribution is 2.20. The third kappa shape index (κ3) is 3.80. The molecule has 1 unspecified atom stereocenters. The van der Waals surface area contributed by atoms with Crippen LogP contribution in [-0.2, 0) is 0 Å². The molecule has 2 heterocycles. The number of aromatic nitrogens is 2. The van der Waals surface area contributed by atoms with E-state index in [1.165, 1.54) is 19.4 Å². The highest BCUT2D eigenvalue weighted by Gasteiger charge is 2.18. The van der Waals surface area contributed by atoms with Crippen molar-refractivity contribution in [3.8, 4) is 17.4 Å². The topological polar surface area (TPSA) is 107 Å². The van der Waals surface area contributed by atoms with Crippen LogP contribution in [0, 0.1) is 0 Å². The van der Waals surface area contributed by atoms with Gasteiger partial charge in [0, 0.05) is 24.1 Å². The van der Waals surface area contributed by atoms with Crippen molar-refractivity contribution in [3.05, 3.63) is 64.3 Å². The number of methoxy groups -OCH3 is 1. The Morgan fingerprint density at radius 3 is 2.77 bits per heavy atom. The van der Waals surface area contributed by atoms with Crippen LogP contribution in [-0.4, -0.2) is 29.7 Å². The molecule has 3 rings (SSSR count). The van der Waals surface area contributed by atoms with E-state index < -0.39 is 0 Å². The Labute approximate surface area is 148 Å². The van der Waals surface area contributed by atoms with Crippen LogP contribution in [0.1, 0.15) is 29.0 Å². The third-order valence-electron chi connectivity index (χ3n) is 3.72. The van der Waals surface area contributed by atoms with Crippen LogP contribution in [0.25, 0.3) is 11.7 Å². The average Bonchev–Trinajstić information content (AvgIpc) is 3.16. The highest BCUT2D eigenvalue weighted by atomic mass is 16.5. The van der Waals surface area contributed by atoms with Gasteiger partial charge in [0.1, 0.15) is 6.26 Å². The molecule has 8 nitrogen and oxygen atoms in total. The van der Waals surface area contributed by atoms with Gasteiger partial charge in [-0.3, -0.25) is 9.59 Å². The van der Waals surface area contributed by atoms with Crippen molar-refractivity contribution in [2.75, 3.05) is 13.7 Å². The summed E-state index contributed by atoms with van der Waals surface area (Å²) in [5, 5.41) is 6.70. The maximum atomic E-state index is 12.1. The first-order valence-electron chi connectivity index (χ1n) is 7.92. The minimum absolute atomic E-state index is 0.0842. The van der Waals surface area contributed by atoms with Crippen molar-refractivity contribution in [2.24, 2.45) is 0 Å². The fraction of sp³-hybridized carbons (Fsp3) is 0.222. The zero-order valence-electron chi connectivity index (χ0n) is 14.3. The van der Waals surface area contributed by atoms with E-state index in [0.717, 1.165) is 0 Å². The number of ether oxygens (including phenoxy) is 1. The van der Waals surface area contributed by atoms with Crippen LogP contribution in [0.15, 0.2) is 56.4 Å². The molecule has 0 spiro atoms. The number of nitrogens with one attached hydrogen (secondary N) is 1. The van der Waals surface area contributed by atoms with Gasteiger partial charge in [-0.2, -0.15) is 4.98 Å². The van der Waals surface area contributed by atoms with E-state index >= 15 is 0 Å². The Morgan fingerprint density at radius 1 is 1.31 bits per heavy atom. The number of nitrogens with zero attached hydrogens (tertiary/aromatic N) is 2. The van der Waals surface area contributed by atoms with Gasteiger partial charge in [0.2, 0.25) is 11.2 Å². The lowest BCUT2D eigenvalue weighted by atomic mass is 10.1. The molecule has 0 aliphatic carbocycles. The second kappa shape index (κ2) is 7.64. The summed E-state index contributed by atoms with van der Waals surface area (Å²) in [5.41, 5.74) is 0.227. The number of carbonyl (C=O) groups excluding carboxylic acids is 1. The van der Waals surface area contributed by atoms with Crippen LogP contribution in [0.5, 0.6) is 5.75 Å². The molecule has 1 aromatic carbocycles. The maximum Gasteiger partial charge on any atom is 0.293 e. The lowest BCUT2D eigenvalue weighted by molar-refractivity contribution is 0.0951. The van der Waals surface area contributed by atoms with Crippen LogP contribution in [0.3, 0.4) is 0 Å². The molecule has 1 amide bonds. The van der Waals surface area contributed by atoms with E-state index in [9.17, 15) is 9.59 Å². The van der Waals surface area contributed by atoms with E-state index in [0.29, 0.717) is 17.9 Å². The van der Waals surface area contributed by atoms with Gasteiger partial charge >= 0.3 is 0 Å². The predicted molar refractivity (Wildman–Crippen MR) is 92.0 cm³/mol. The van der Waals surface area contributed by atoms with Crippen LogP contribution < -0.4 is 15.5 Å². The Kier molecular flexibility index (Phi) is 5.12. The van der Waals surface area contributed by atoms with Gasteiger partial charge in [0.25, 0.3) is 11.8 Å². The van der Waals surface area contributed by atoms with Crippen LogP contribution >= 0.6 is 0 Å². The molecule has 8 heteroatoms. The van der Waals surface area contributed by atoms with E-state index in [2.05, 4.69) is 15.5 Å². The largest absolute Gasteiger partial charge is 0.490 e. The van der Waals surface area contributed by atoms with Crippen molar-refractivity contribution in [1.29, 1.82) is 0 Å². The second-order valence-electron chi connectivity index (χ2n) is 5.61. The van der Waals surface area contributed by atoms with Gasteiger partial charge in [0.15, 0.2) is 11.6 Å². The molecule has 134 valence electrons. The SMILES string of the molecule is COc1coc(-c2nc(C(C)CNC(=O)c3ccccc3)no2)cc1=O. The third-order valence-corrected chi connectivity index (χ3v) is 3.72. The normalized spacial score (nSPS) is 11.8. The van der Waals surface area contributed by atoms with Crippen molar-refractivity contribution in [3.63, 3.8) is 0 Å². The standard InChI is InChI=1S/C18H17N3O5/c1-11(9-19-17(23)12-6-4-3-5-7-12)16-20-18(26-21-16)14-8-13(22)15(24-2)10-25-14/h3-8,10-11H,9H2,1-2H3,(H,19,23). The Balaban J connectivity index is 1.66. The fourth-order valence-corrected chi connectivity index (χ4v) is 2.22. The summed E-state index contributed by atoms with van der Waals surface area (Å²) in [5.74, 6) is 0.348.